The van der Waals surface area contributed by atoms with E-state index in [4.69, 9.17) is 0 Å². The van der Waals surface area contributed by atoms with E-state index in [1.807, 2.05) is 19.2 Å². The summed E-state index contributed by atoms with van der Waals surface area (Å²) in [7, 11) is 1.86. The van der Waals surface area contributed by atoms with Gasteiger partial charge in [-0.2, -0.15) is 0 Å². The lowest BCUT2D eigenvalue weighted by Crippen LogP contribution is -2.45. The van der Waals surface area contributed by atoms with Crippen LogP contribution in [0.2, 0.25) is 0 Å². The largest absolute Gasteiger partial charge is 0.338 e. The van der Waals surface area contributed by atoms with Crippen molar-refractivity contribution < 1.29 is 4.79 Å². The van der Waals surface area contributed by atoms with Crippen LogP contribution in [0.4, 0.5) is 4.79 Å². The SMILES string of the molecule is Cc1ccccc1CN(C)C(=O)NCC1CCCN(C(C)C)C1. The first-order valence-electron chi connectivity index (χ1n) is 8.75. The zero-order valence-corrected chi connectivity index (χ0v) is 15.0. The van der Waals surface area contributed by atoms with Gasteiger partial charge in [0.25, 0.3) is 0 Å². The topological polar surface area (TPSA) is 35.6 Å². The summed E-state index contributed by atoms with van der Waals surface area (Å²) >= 11 is 0. The van der Waals surface area contributed by atoms with Crippen LogP contribution in [-0.2, 0) is 6.54 Å². The van der Waals surface area contributed by atoms with Crippen LogP contribution in [-0.4, -0.2) is 48.6 Å². The summed E-state index contributed by atoms with van der Waals surface area (Å²) in [6.45, 7) is 10.3. The van der Waals surface area contributed by atoms with E-state index < -0.39 is 0 Å². The zero-order chi connectivity index (χ0) is 16.8. The molecule has 2 amide bonds. The molecule has 1 aromatic carbocycles. The van der Waals surface area contributed by atoms with Crippen LogP contribution in [0.1, 0.15) is 37.8 Å². The van der Waals surface area contributed by atoms with Gasteiger partial charge < -0.3 is 15.1 Å². The monoisotopic (exact) mass is 317 g/mol. The fourth-order valence-electron chi connectivity index (χ4n) is 3.21. The highest BCUT2D eigenvalue weighted by molar-refractivity contribution is 5.73. The molecule has 1 N–H and O–H groups in total. The summed E-state index contributed by atoms with van der Waals surface area (Å²) in [5.41, 5.74) is 2.43. The number of urea groups is 1. The number of likely N-dealkylation sites (tertiary alicyclic amines) is 1. The summed E-state index contributed by atoms with van der Waals surface area (Å²) < 4.78 is 0. The lowest BCUT2D eigenvalue weighted by Gasteiger charge is -2.35. The minimum absolute atomic E-state index is 0.0231. The number of nitrogens with one attached hydrogen (secondary N) is 1. The Bertz CT molecular complexity index is 515. The predicted octanol–water partition coefficient (Wildman–Crippen LogP) is 3.26. The molecule has 0 aromatic heterocycles. The van der Waals surface area contributed by atoms with E-state index in [2.05, 4.69) is 43.1 Å². The fraction of sp³-hybridized carbons (Fsp3) is 0.632. The van der Waals surface area contributed by atoms with E-state index in [1.54, 1.807) is 4.90 Å². The summed E-state index contributed by atoms with van der Waals surface area (Å²) in [5.74, 6) is 0.571. The van der Waals surface area contributed by atoms with Crippen molar-refractivity contribution in [1.29, 1.82) is 0 Å². The van der Waals surface area contributed by atoms with E-state index in [9.17, 15) is 4.79 Å². The summed E-state index contributed by atoms with van der Waals surface area (Å²) in [6, 6.07) is 8.84. The number of carbonyl (C=O) groups is 1. The second-order valence-corrected chi connectivity index (χ2v) is 7.07. The van der Waals surface area contributed by atoms with Gasteiger partial charge in [0.15, 0.2) is 0 Å². The minimum Gasteiger partial charge on any atom is -0.338 e. The molecule has 2 rings (SSSR count). The molecule has 4 nitrogen and oxygen atoms in total. The second kappa shape index (κ2) is 8.34. The highest BCUT2D eigenvalue weighted by Crippen LogP contribution is 2.17. The van der Waals surface area contributed by atoms with Crippen molar-refractivity contribution in [3.63, 3.8) is 0 Å². The third-order valence-corrected chi connectivity index (χ3v) is 4.84. The molecule has 1 heterocycles. The Balaban J connectivity index is 1.79. The molecule has 0 bridgehead atoms. The van der Waals surface area contributed by atoms with Gasteiger partial charge >= 0.3 is 6.03 Å². The molecule has 1 aromatic rings. The van der Waals surface area contributed by atoms with Crippen LogP contribution < -0.4 is 5.32 Å². The molecule has 1 saturated heterocycles. The maximum absolute atomic E-state index is 12.3. The van der Waals surface area contributed by atoms with Crippen molar-refractivity contribution in [3.8, 4) is 0 Å². The fourth-order valence-corrected chi connectivity index (χ4v) is 3.21. The van der Waals surface area contributed by atoms with Gasteiger partial charge in [0, 0.05) is 32.7 Å². The Hall–Kier alpha value is -1.55. The molecule has 0 aliphatic carbocycles. The van der Waals surface area contributed by atoms with Crippen molar-refractivity contribution in [2.45, 2.75) is 46.2 Å². The number of hydrogen-bond donors (Lipinski definition) is 1. The number of piperidine rings is 1. The van der Waals surface area contributed by atoms with E-state index in [1.165, 1.54) is 30.5 Å². The molecule has 0 spiro atoms. The molecule has 1 fully saturated rings. The van der Waals surface area contributed by atoms with Gasteiger partial charge in [-0.1, -0.05) is 24.3 Å². The summed E-state index contributed by atoms with van der Waals surface area (Å²) in [5, 5.41) is 3.11. The van der Waals surface area contributed by atoms with Crippen molar-refractivity contribution in [2.75, 3.05) is 26.7 Å². The third kappa shape index (κ3) is 5.24. The predicted molar refractivity (Wildman–Crippen MR) is 95.5 cm³/mol. The smallest absolute Gasteiger partial charge is 0.317 e. The zero-order valence-electron chi connectivity index (χ0n) is 15.0. The van der Waals surface area contributed by atoms with Gasteiger partial charge in [0.2, 0.25) is 0 Å². The Morgan fingerprint density at radius 3 is 2.83 bits per heavy atom. The molecule has 128 valence electrons. The molecule has 1 aliphatic heterocycles. The third-order valence-electron chi connectivity index (χ3n) is 4.84. The summed E-state index contributed by atoms with van der Waals surface area (Å²) in [6.07, 6.45) is 2.45. The molecule has 23 heavy (non-hydrogen) atoms. The lowest BCUT2D eigenvalue weighted by molar-refractivity contribution is 0.137. The number of benzene rings is 1. The molecular weight excluding hydrogens is 286 g/mol. The number of rotatable bonds is 5. The number of carbonyl (C=O) groups excluding carboxylic acids is 1. The van der Waals surface area contributed by atoms with Crippen LogP contribution in [0.25, 0.3) is 0 Å². The first-order valence-corrected chi connectivity index (χ1v) is 8.75. The Morgan fingerprint density at radius 1 is 1.39 bits per heavy atom. The van der Waals surface area contributed by atoms with Crippen LogP contribution in [0.3, 0.4) is 0 Å². The number of amides is 2. The maximum atomic E-state index is 12.3. The minimum atomic E-state index is 0.0231. The highest BCUT2D eigenvalue weighted by Gasteiger charge is 2.22. The molecule has 0 radical (unpaired) electrons. The van der Waals surface area contributed by atoms with E-state index in [0.29, 0.717) is 18.5 Å². The van der Waals surface area contributed by atoms with Gasteiger partial charge in [-0.05, 0) is 57.2 Å². The Labute approximate surface area is 140 Å². The van der Waals surface area contributed by atoms with Crippen LogP contribution in [0.5, 0.6) is 0 Å². The molecule has 4 heteroatoms. The molecule has 1 atom stereocenters. The van der Waals surface area contributed by atoms with Crippen LogP contribution in [0.15, 0.2) is 24.3 Å². The van der Waals surface area contributed by atoms with Crippen molar-refractivity contribution >= 4 is 6.03 Å². The van der Waals surface area contributed by atoms with Gasteiger partial charge in [-0.3, -0.25) is 0 Å². The summed E-state index contributed by atoms with van der Waals surface area (Å²) in [4.78, 5) is 16.6. The number of nitrogens with zero attached hydrogens (tertiary/aromatic N) is 2. The van der Waals surface area contributed by atoms with Gasteiger partial charge in [-0.15, -0.1) is 0 Å². The Kier molecular flexibility index (Phi) is 6.46. The average molecular weight is 317 g/mol. The van der Waals surface area contributed by atoms with E-state index in [0.717, 1.165) is 13.1 Å². The van der Waals surface area contributed by atoms with Crippen LogP contribution in [0, 0.1) is 12.8 Å². The first-order chi connectivity index (χ1) is 11.0. The molecule has 0 saturated carbocycles. The standard InChI is InChI=1S/C19H31N3O/c1-15(2)22-11-7-9-17(13-22)12-20-19(23)21(4)14-18-10-6-5-8-16(18)3/h5-6,8,10,15,17H,7,9,11-14H2,1-4H3,(H,20,23). The van der Waals surface area contributed by atoms with Crippen molar-refractivity contribution in [3.05, 3.63) is 35.4 Å². The van der Waals surface area contributed by atoms with Gasteiger partial charge in [0.05, 0.1) is 0 Å². The Morgan fingerprint density at radius 2 is 2.13 bits per heavy atom. The second-order valence-electron chi connectivity index (χ2n) is 7.07. The molecular formula is C19H31N3O. The van der Waals surface area contributed by atoms with Gasteiger partial charge in [0.1, 0.15) is 0 Å². The highest BCUT2D eigenvalue weighted by atomic mass is 16.2. The van der Waals surface area contributed by atoms with Gasteiger partial charge in [-0.25, -0.2) is 4.79 Å². The van der Waals surface area contributed by atoms with Crippen LogP contribution >= 0.6 is 0 Å². The first kappa shape index (κ1) is 17.8. The quantitative estimate of drug-likeness (QED) is 0.905. The van der Waals surface area contributed by atoms with E-state index in [-0.39, 0.29) is 6.03 Å². The number of hydrogen-bond acceptors (Lipinski definition) is 2. The molecule has 1 unspecified atom stereocenters. The number of aryl methyl sites for hydroxylation is 1. The normalized spacial score (nSPS) is 18.9. The maximum Gasteiger partial charge on any atom is 0.317 e. The average Bonchev–Trinajstić information content (AvgIpc) is 2.55. The molecule has 1 aliphatic rings. The van der Waals surface area contributed by atoms with Crippen molar-refractivity contribution in [1.82, 2.24) is 15.1 Å². The van der Waals surface area contributed by atoms with E-state index >= 15 is 0 Å². The lowest BCUT2D eigenvalue weighted by atomic mass is 9.97. The van der Waals surface area contributed by atoms with Crippen molar-refractivity contribution in [2.24, 2.45) is 5.92 Å².